The zero-order valence-electron chi connectivity index (χ0n) is 26.3. The Bertz CT molecular complexity index is 1540. The van der Waals surface area contributed by atoms with E-state index in [9.17, 15) is 29.4 Å². The Morgan fingerprint density at radius 1 is 0.841 bits per heavy atom. The Morgan fingerprint density at radius 2 is 1.48 bits per heavy atom. The van der Waals surface area contributed by atoms with Crippen molar-refractivity contribution >= 4 is 47.9 Å². The lowest BCUT2D eigenvalue weighted by Gasteiger charge is -2.14. The summed E-state index contributed by atoms with van der Waals surface area (Å²) in [6.45, 7) is 11.7. The van der Waals surface area contributed by atoms with Crippen molar-refractivity contribution in [3.8, 4) is 0 Å². The van der Waals surface area contributed by atoms with Gasteiger partial charge in [0.2, 0.25) is 11.8 Å². The third-order valence-electron chi connectivity index (χ3n) is 9.09. The number of nitrogens with one attached hydrogen (secondary N) is 3. The van der Waals surface area contributed by atoms with E-state index in [1.54, 1.807) is 0 Å². The lowest BCUT2D eigenvalue weighted by Crippen LogP contribution is -2.31. The average molecular weight is 627 g/mol. The van der Waals surface area contributed by atoms with Crippen LogP contribution < -0.4 is 10.6 Å². The third kappa shape index (κ3) is 7.07. The van der Waals surface area contributed by atoms with E-state index in [0.717, 1.165) is 68.1 Å². The first-order valence-corrected chi connectivity index (χ1v) is 15.0. The van der Waals surface area contributed by atoms with Crippen LogP contribution in [0, 0.1) is 6.92 Å². The number of nitrogens with zero attached hydrogens (tertiary/aromatic N) is 1. The molecule has 3 aliphatic rings. The molecule has 4 heterocycles. The summed E-state index contributed by atoms with van der Waals surface area (Å²) in [5, 5.41) is 25.0. The number of amides is 2. The molecule has 5 N–H and O–H groups in total. The number of carbonyl (C=O) groups excluding carboxylic acids is 2. The quantitative estimate of drug-likeness (QED) is 0.204. The first kappa shape index (κ1) is 34.6. The van der Waals surface area contributed by atoms with Gasteiger partial charge in [-0.05, 0) is 92.9 Å². The molecule has 0 spiro atoms. The minimum absolute atomic E-state index is 0. The normalized spacial score (nSPS) is 20.9. The van der Waals surface area contributed by atoms with E-state index >= 15 is 0 Å². The lowest BCUT2D eigenvalue weighted by molar-refractivity contribution is -0.138. The fourth-order valence-electron chi connectivity index (χ4n) is 6.49. The lowest BCUT2D eigenvalue weighted by atomic mass is 9.95. The van der Waals surface area contributed by atoms with Gasteiger partial charge in [-0.25, -0.2) is 0 Å². The van der Waals surface area contributed by atoms with Crippen LogP contribution in [0.5, 0.6) is 0 Å². The van der Waals surface area contributed by atoms with E-state index in [1.165, 1.54) is 0 Å². The number of halogens is 1. The predicted molar refractivity (Wildman–Crippen MR) is 172 cm³/mol. The second-order valence-corrected chi connectivity index (χ2v) is 11.6. The van der Waals surface area contributed by atoms with E-state index < -0.39 is 11.9 Å². The summed E-state index contributed by atoms with van der Waals surface area (Å²) >= 11 is 0. The van der Waals surface area contributed by atoms with Gasteiger partial charge in [-0.1, -0.05) is 13.8 Å². The van der Waals surface area contributed by atoms with Gasteiger partial charge < -0.3 is 25.8 Å². The number of aliphatic imine (C=N–C) groups is 1. The van der Waals surface area contributed by atoms with Crippen LogP contribution in [0.2, 0.25) is 0 Å². The molecule has 0 aliphatic carbocycles. The number of carboxylic acid groups (broad SMARTS) is 2. The van der Waals surface area contributed by atoms with Crippen molar-refractivity contribution in [2.75, 3.05) is 0 Å². The summed E-state index contributed by atoms with van der Waals surface area (Å²) in [5.41, 5.74) is 10.2. The number of aliphatic carboxylic acids is 2. The molecular weight excluding hydrogens is 584 g/mol. The maximum Gasteiger partial charge on any atom is 0.303 e. The van der Waals surface area contributed by atoms with Gasteiger partial charge in [0.1, 0.15) is 0 Å². The van der Waals surface area contributed by atoms with E-state index in [0.29, 0.717) is 37.8 Å². The summed E-state index contributed by atoms with van der Waals surface area (Å²) in [4.78, 5) is 56.3. The average Bonchev–Trinajstić information content (AvgIpc) is 3.59. The second kappa shape index (κ2) is 14.2. The number of hydrogen-bond donors (Lipinski definition) is 5. The van der Waals surface area contributed by atoms with Crippen LogP contribution in [0.15, 0.2) is 44.1 Å². The van der Waals surface area contributed by atoms with E-state index in [4.69, 9.17) is 4.99 Å². The first-order valence-electron chi connectivity index (χ1n) is 15.0. The Morgan fingerprint density at radius 3 is 2.07 bits per heavy atom. The zero-order chi connectivity index (χ0) is 31.6. The predicted octanol–water partition coefficient (Wildman–Crippen LogP) is 5.12. The van der Waals surface area contributed by atoms with Gasteiger partial charge >= 0.3 is 11.9 Å². The largest absolute Gasteiger partial charge is 0.481 e. The second-order valence-electron chi connectivity index (χ2n) is 11.6. The van der Waals surface area contributed by atoms with Crippen LogP contribution in [0.3, 0.4) is 0 Å². The van der Waals surface area contributed by atoms with Crippen LogP contribution in [0.25, 0.3) is 6.08 Å². The topological polar surface area (TPSA) is 161 Å². The molecular formula is C33H43ClN4O6. The minimum Gasteiger partial charge on any atom is -0.481 e. The van der Waals surface area contributed by atoms with Crippen LogP contribution in [0.4, 0.5) is 0 Å². The fraction of sp³-hybridized carbons (Fsp3) is 0.485. The standard InChI is InChI=1S/C33H42N4O6.ClH/c1-7-20-19(6)32(42)37-27(20)14-25-18(5)23(10-12-31(40)41)29(35-25)15-28-22(9-11-30(38)39)17(4)24(34-28)13-26-16(3)21(8-2)33(43)36-26;/h15,26-27,35H,7-14H2,1-6H3,(H,36,43)(H,37,42)(H,38,39)(H,40,41);1H/t26-,27-;/m1./s1. The SMILES string of the molecule is CCC1=C(C)[C@@H](CC2=NC(=Cc3[nH]c(C[C@H]4NC(=O)C(C)=C4CC)c(C)c3CCC(=O)O)C(CCC(=O)O)=C2C)NC1=O.Cl. The van der Waals surface area contributed by atoms with E-state index in [2.05, 4.69) is 15.6 Å². The number of rotatable bonds is 13. The molecule has 44 heavy (non-hydrogen) atoms. The van der Waals surface area contributed by atoms with Crippen LogP contribution in [-0.4, -0.2) is 56.7 Å². The molecule has 4 rings (SSSR count). The van der Waals surface area contributed by atoms with Crippen LogP contribution in [-0.2, 0) is 32.0 Å². The fourth-order valence-corrected chi connectivity index (χ4v) is 6.49. The van der Waals surface area contributed by atoms with Gasteiger partial charge in [-0.3, -0.25) is 24.2 Å². The summed E-state index contributed by atoms with van der Waals surface area (Å²) in [7, 11) is 0. The number of allylic oxidation sites excluding steroid dienone is 2. The smallest absolute Gasteiger partial charge is 0.303 e. The Labute approximate surface area is 264 Å². The Kier molecular flexibility index (Phi) is 11.2. The Hall–Kier alpha value is -3.92. The number of aromatic nitrogens is 1. The molecule has 10 nitrogen and oxygen atoms in total. The number of carbonyl (C=O) groups is 4. The highest BCUT2D eigenvalue weighted by Crippen LogP contribution is 2.35. The molecule has 0 radical (unpaired) electrons. The van der Waals surface area contributed by atoms with Gasteiger partial charge in [0.25, 0.3) is 0 Å². The van der Waals surface area contributed by atoms with Crippen LogP contribution >= 0.6 is 12.4 Å². The summed E-state index contributed by atoms with van der Waals surface area (Å²) in [5.74, 6) is -1.93. The zero-order valence-corrected chi connectivity index (χ0v) is 27.1. The maximum absolute atomic E-state index is 12.4. The van der Waals surface area contributed by atoms with Crippen molar-refractivity contribution in [1.82, 2.24) is 15.6 Å². The molecule has 1 aromatic heterocycles. The van der Waals surface area contributed by atoms with E-state index in [-0.39, 0.29) is 49.1 Å². The summed E-state index contributed by atoms with van der Waals surface area (Å²) < 4.78 is 0. The summed E-state index contributed by atoms with van der Waals surface area (Å²) in [6.07, 6.45) is 4.84. The molecule has 0 aromatic carbocycles. The highest BCUT2D eigenvalue weighted by Gasteiger charge is 2.32. The first-order chi connectivity index (χ1) is 20.4. The number of hydrogen-bond acceptors (Lipinski definition) is 5. The van der Waals surface area contributed by atoms with Gasteiger partial charge in [-0.15, -0.1) is 12.4 Å². The molecule has 0 saturated heterocycles. The van der Waals surface area contributed by atoms with Crippen molar-refractivity contribution in [1.29, 1.82) is 0 Å². The van der Waals surface area contributed by atoms with Crippen molar-refractivity contribution in [3.63, 3.8) is 0 Å². The van der Waals surface area contributed by atoms with Gasteiger partial charge in [-0.2, -0.15) is 0 Å². The van der Waals surface area contributed by atoms with E-state index in [1.807, 2.05) is 47.6 Å². The molecule has 0 saturated carbocycles. The summed E-state index contributed by atoms with van der Waals surface area (Å²) in [6, 6.07) is -0.314. The number of carboxylic acids is 2. The maximum atomic E-state index is 12.4. The van der Waals surface area contributed by atoms with Crippen molar-refractivity contribution in [2.45, 2.75) is 105 Å². The number of H-pyrrole nitrogens is 1. The highest BCUT2D eigenvalue weighted by atomic mass is 35.5. The van der Waals surface area contributed by atoms with Crippen molar-refractivity contribution in [2.24, 2.45) is 4.99 Å². The third-order valence-corrected chi connectivity index (χ3v) is 9.09. The monoisotopic (exact) mass is 626 g/mol. The van der Waals surface area contributed by atoms with Crippen molar-refractivity contribution in [3.05, 3.63) is 61.7 Å². The molecule has 2 amide bonds. The van der Waals surface area contributed by atoms with Crippen LogP contribution in [0.1, 0.15) is 95.7 Å². The highest BCUT2D eigenvalue weighted by molar-refractivity contribution is 6.07. The van der Waals surface area contributed by atoms with Gasteiger partial charge in [0.05, 0.1) is 17.8 Å². The molecule has 0 bridgehead atoms. The van der Waals surface area contributed by atoms with Crippen molar-refractivity contribution < 1.29 is 29.4 Å². The number of aromatic amines is 1. The molecule has 1 aromatic rings. The molecule has 11 heteroatoms. The Balaban J connectivity index is 0.00000529. The van der Waals surface area contributed by atoms with Gasteiger partial charge in [0, 0.05) is 53.9 Å². The van der Waals surface area contributed by atoms with Gasteiger partial charge in [0.15, 0.2) is 0 Å². The molecule has 0 unspecified atom stereocenters. The minimum atomic E-state index is -0.906. The molecule has 238 valence electrons. The molecule has 0 fully saturated rings. The molecule has 3 aliphatic heterocycles. The molecule has 2 atom stereocenters.